The van der Waals surface area contributed by atoms with Crippen LogP contribution in [0, 0.1) is 0 Å². The Bertz CT molecular complexity index is 1280. The van der Waals surface area contributed by atoms with E-state index in [2.05, 4.69) is 0 Å². The molecule has 0 fully saturated rings. The van der Waals surface area contributed by atoms with E-state index in [9.17, 15) is 19.8 Å². The summed E-state index contributed by atoms with van der Waals surface area (Å²) in [7, 11) is 4.46. The van der Waals surface area contributed by atoms with Crippen LogP contribution in [0.4, 0.5) is 0 Å². The van der Waals surface area contributed by atoms with Crippen LogP contribution in [0.1, 0.15) is 28.6 Å². The standard InChI is InChI=1S/C25H25NO8/c1-31-11-5-10-26-21(14-8-9-17(32-2)16(27)12-14)20(23(29)25(26)30)22(28)19-13-15-6-4-7-18(33-3)24(15)34-19/h4,6-9,12-13,21,27,29H,5,10-11H2,1-3H3. The quantitative estimate of drug-likeness (QED) is 0.361. The number of hydrogen-bond acceptors (Lipinski definition) is 8. The number of benzene rings is 2. The van der Waals surface area contributed by atoms with Gasteiger partial charge in [-0.15, -0.1) is 0 Å². The number of para-hydroxylation sites is 1. The van der Waals surface area contributed by atoms with E-state index in [0.29, 0.717) is 35.3 Å². The number of fused-ring (bicyclic) bond motifs is 1. The molecular formula is C25H25NO8. The van der Waals surface area contributed by atoms with E-state index >= 15 is 0 Å². The molecule has 2 aromatic carbocycles. The van der Waals surface area contributed by atoms with Crippen LogP contribution >= 0.6 is 0 Å². The number of aliphatic hydroxyl groups is 1. The topological polar surface area (TPSA) is 119 Å². The van der Waals surface area contributed by atoms with Gasteiger partial charge in [-0.05, 0) is 36.2 Å². The van der Waals surface area contributed by atoms with Crippen LogP contribution in [0.5, 0.6) is 17.2 Å². The average Bonchev–Trinajstić information content (AvgIpc) is 3.38. The zero-order valence-electron chi connectivity index (χ0n) is 19.0. The summed E-state index contributed by atoms with van der Waals surface area (Å²) in [5.41, 5.74) is 0.684. The van der Waals surface area contributed by atoms with E-state index in [0.717, 1.165) is 0 Å². The molecule has 0 radical (unpaired) electrons. The zero-order valence-corrected chi connectivity index (χ0v) is 19.0. The van der Waals surface area contributed by atoms with Gasteiger partial charge in [-0.25, -0.2) is 0 Å². The molecule has 3 aromatic rings. The van der Waals surface area contributed by atoms with Crippen molar-refractivity contribution in [1.82, 2.24) is 4.90 Å². The van der Waals surface area contributed by atoms with Gasteiger partial charge in [-0.2, -0.15) is 0 Å². The average molecular weight is 467 g/mol. The number of carbonyl (C=O) groups excluding carboxylic acids is 2. The number of phenolic OH excluding ortho intramolecular Hbond substituents is 1. The third-order valence-corrected chi connectivity index (χ3v) is 5.77. The van der Waals surface area contributed by atoms with Crippen LogP contribution in [0.15, 0.2) is 58.2 Å². The molecule has 0 spiro atoms. The lowest BCUT2D eigenvalue weighted by Gasteiger charge is -2.27. The van der Waals surface area contributed by atoms with Crippen LogP contribution in [0.3, 0.4) is 0 Å². The van der Waals surface area contributed by atoms with Gasteiger partial charge in [0.1, 0.15) is 0 Å². The molecule has 1 atom stereocenters. The second kappa shape index (κ2) is 9.48. The van der Waals surface area contributed by atoms with Crippen molar-refractivity contribution >= 4 is 22.7 Å². The van der Waals surface area contributed by atoms with Gasteiger partial charge in [0.25, 0.3) is 5.91 Å². The second-order valence-electron chi connectivity index (χ2n) is 7.76. The Morgan fingerprint density at radius 2 is 1.82 bits per heavy atom. The fraction of sp³-hybridized carbons (Fsp3) is 0.280. The minimum atomic E-state index is -0.941. The Hall–Kier alpha value is -3.98. The summed E-state index contributed by atoms with van der Waals surface area (Å²) >= 11 is 0. The van der Waals surface area contributed by atoms with Crippen molar-refractivity contribution < 1.29 is 38.4 Å². The Kier molecular flexibility index (Phi) is 6.47. The van der Waals surface area contributed by atoms with Crippen molar-refractivity contribution in [2.24, 2.45) is 0 Å². The van der Waals surface area contributed by atoms with Gasteiger partial charge in [0, 0.05) is 25.6 Å². The van der Waals surface area contributed by atoms with Crippen LogP contribution < -0.4 is 9.47 Å². The molecule has 1 aromatic heterocycles. The molecule has 1 unspecified atom stereocenters. The number of furan rings is 1. The molecule has 0 saturated carbocycles. The lowest BCUT2D eigenvalue weighted by atomic mass is 9.94. The van der Waals surface area contributed by atoms with Crippen LogP contribution in [0.2, 0.25) is 0 Å². The minimum Gasteiger partial charge on any atom is -0.504 e. The maximum atomic E-state index is 13.6. The highest BCUT2D eigenvalue weighted by Gasteiger charge is 2.44. The first-order chi connectivity index (χ1) is 16.4. The van der Waals surface area contributed by atoms with Gasteiger partial charge in [0.15, 0.2) is 34.4 Å². The van der Waals surface area contributed by atoms with E-state index in [-0.39, 0.29) is 29.4 Å². The molecule has 9 heteroatoms. The zero-order chi connectivity index (χ0) is 24.4. The van der Waals surface area contributed by atoms with Crippen LogP contribution in [-0.2, 0) is 9.53 Å². The van der Waals surface area contributed by atoms with Gasteiger partial charge >= 0.3 is 0 Å². The molecule has 0 saturated heterocycles. The summed E-state index contributed by atoms with van der Waals surface area (Å²) in [5.74, 6) is -1.49. The van der Waals surface area contributed by atoms with E-state index in [1.165, 1.54) is 31.3 Å². The van der Waals surface area contributed by atoms with Crippen LogP contribution in [0.25, 0.3) is 11.0 Å². The summed E-state index contributed by atoms with van der Waals surface area (Å²) < 4.78 is 21.3. The Morgan fingerprint density at radius 3 is 2.50 bits per heavy atom. The molecule has 1 aliphatic heterocycles. The van der Waals surface area contributed by atoms with Crippen molar-refractivity contribution in [3.8, 4) is 17.2 Å². The Balaban J connectivity index is 1.80. The third-order valence-electron chi connectivity index (χ3n) is 5.77. The lowest BCUT2D eigenvalue weighted by molar-refractivity contribution is -0.129. The normalized spacial score (nSPS) is 15.9. The number of phenols is 1. The highest BCUT2D eigenvalue weighted by Crippen LogP contribution is 2.42. The van der Waals surface area contributed by atoms with E-state index in [4.69, 9.17) is 18.6 Å². The minimum absolute atomic E-state index is 0.0460. The van der Waals surface area contributed by atoms with E-state index < -0.39 is 23.5 Å². The van der Waals surface area contributed by atoms with Crippen molar-refractivity contribution in [1.29, 1.82) is 0 Å². The number of ketones is 1. The van der Waals surface area contributed by atoms with Gasteiger partial charge in [0.05, 0.1) is 25.8 Å². The number of nitrogens with zero attached hydrogens (tertiary/aromatic N) is 1. The van der Waals surface area contributed by atoms with Crippen LogP contribution in [-0.4, -0.2) is 61.3 Å². The molecule has 2 N–H and O–H groups in total. The number of amides is 1. The molecule has 9 nitrogen and oxygen atoms in total. The third kappa shape index (κ3) is 3.94. The smallest absolute Gasteiger partial charge is 0.290 e. The highest BCUT2D eigenvalue weighted by atomic mass is 16.5. The lowest BCUT2D eigenvalue weighted by Crippen LogP contribution is -2.32. The van der Waals surface area contributed by atoms with E-state index in [1.54, 1.807) is 37.4 Å². The van der Waals surface area contributed by atoms with Gasteiger partial charge in [-0.3, -0.25) is 9.59 Å². The SMILES string of the molecule is COCCCN1C(=O)C(O)=C(C(=O)c2cc3cccc(OC)c3o2)C1c1ccc(OC)c(O)c1. The van der Waals surface area contributed by atoms with Crippen molar-refractivity contribution in [3.63, 3.8) is 0 Å². The molecule has 178 valence electrons. The fourth-order valence-corrected chi connectivity index (χ4v) is 4.16. The number of Topliss-reactive ketones (excluding diaryl/α,β-unsaturated/α-hetero) is 1. The largest absolute Gasteiger partial charge is 0.504 e. The first-order valence-electron chi connectivity index (χ1n) is 10.6. The summed E-state index contributed by atoms with van der Waals surface area (Å²) in [6, 6.07) is 10.4. The Labute approximate surface area is 195 Å². The monoisotopic (exact) mass is 467 g/mol. The van der Waals surface area contributed by atoms with E-state index in [1.807, 2.05) is 0 Å². The van der Waals surface area contributed by atoms with Gasteiger partial charge in [0.2, 0.25) is 5.78 Å². The number of carbonyl (C=O) groups is 2. The maximum Gasteiger partial charge on any atom is 0.290 e. The summed E-state index contributed by atoms with van der Waals surface area (Å²) in [5, 5.41) is 21.8. The number of hydrogen-bond donors (Lipinski definition) is 2. The van der Waals surface area contributed by atoms with Gasteiger partial charge < -0.3 is 33.7 Å². The maximum absolute atomic E-state index is 13.6. The molecule has 0 bridgehead atoms. The summed E-state index contributed by atoms with van der Waals surface area (Å²) in [4.78, 5) is 28.0. The predicted octanol–water partition coefficient (Wildman–Crippen LogP) is 3.77. The summed E-state index contributed by atoms with van der Waals surface area (Å²) in [6.45, 7) is 0.608. The second-order valence-corrected chi connectivity index (χ2v) is 7.76. The fourth-order valence-electron chi connectivity index (χ4n) is 4.16. The number of aromatic hydroxyl groups is 1. The Morgan fingerprint density at radius 1 is 1.06 bits per heavy atom. The van der Waals surface area contributed by atoms with Crippen molar-refractivity contribution in [3.05, 3.63) is 65.1 Å². The number of methoxy groups -OCH3 is 3. The number of aliphatic hydroxyl groups excluding tert-OH is 1. The molecule has 34 heavy (non-hydrogen) atoms. The first-order valence-corrected chi connectivity index (χ1v) is 10.6. The van der Waals surface area contributed by atoms with Crippen molar-refractivity contribution in [2.45, 2.75) is 12.5 Å². The molecule has 4 rings (SSSR count). The number of ether oxygens (including phenoxy) is 3. The van der Waals surface area contributed by atoms with Crippen molar-refractivity contribution in [2.75, 3.05) is 34.5 Å². The number of rotatable bonds is 9. The predicted molar refractivity (Wildman–Crippen MR) is 122 cm³/mol. The molecular weight excluding hydrogens is 442 g/mol. The summed E-state index contributed by atoms with van der Waals surface area (Å²) in [6.07, 6.45) is 0.484. The highest BCUT2D eigenvalue weighted by molar-refractivity contribution is 6.16. The molecule has 2 heterocycles. The molecule has 1 amide bonds. The first kappa shape index (κ1) is 23.2. The molecule has 1 aliphatic rings. The van der Waals surface area contributed by atoms with Gasteiger partial charge in [-0.1, -0.05) is 18.2 Å². The molecule has 0 aliphatic carbocycles.